The molecule has 4 aromatic rings. The third kappa shape index (κ3) is 4.47. The average Bonchev–Trinajstić information content (AvgIpc) is 3.19. The molecule has 0 spiro atoms. The number of alkyl halides is 3. The predicted octanol–water partition coefficient (Wildman–Crippen LogP) is 2.25. The SMILES string of the molecule is Cc1cc(F)c(-n2cnc3nn(-c4cccnc4)cc3c2=O)cc1S(=O)(=O)NCC(F)(F)F. The number of nitrogens with one attached hydrogen (secondary N) is 1. The largest absolute Gasteiger partial charge is 0.402 e. The zero-order chi connectivity index (χ0) is 24.0. The molecule has 33 heavy (non-hydrogen) atoms. The number of fused-ring (bicyclic) bond motifs is 1. The Morgan fingerprint density at radius 1 is 1.21 bits per heavy atom. The fourth-order valence-electron chi connectivity index (χ4n) is 3.07. The number of aromatic nitrogens is 5. The Morgan fingerprint density at radius 3 is 2.64 bits per heavy atom. The van der Waals surface area contributed by atoms with Crippen LogP contribution in [0.4, 0.5) is 17.6 Å². The fourth-order valence-corrected chi connectivity index (χ4v) is 4.33. The second-order valence-corrected chi connectivity index (χ2v) is 8.69. The van der Waals surface area contributed by atoms with Gasteiger partial charge in [-0.25, -0.2) is 27.2 Å². The molecule has 0 fully saturated rings. The van der Waals surface area contributed by atoms with E-state index in [1.807, 2.05) is 0 Å². The first kappa shape index (κ1) is 22.5. The Kier molecular flexibility index (Phi) is 5.49. The van der Waals surface area contributed by atoms with Gasteiger partial charge < -0.3 is 0 Å². The summed E-state index contributed by atoms with van der Waals surface area (Å²) >= 11 is 0. The van der Waals surface area contributed by atoms with Crippen LogP contribution in [-0.2, 0) is 10.0 Å². The summed E-state index contributed by atoms with van der Waals surface area (Å²) in [6, 6.07) is 4.93. The van der Waals surface area contributed by atoms with Crippen molar-refractivity contribution in [3.63, 3.8) is 0 Å². The van der Waals surface area contributed by atoms with Crippen molar-refractivity contribution in [2.75, 3.05) is 6.54 Å². The lowest BCUT2D eigenvalue weighted by molar-refractivity contribution is -0.121. The van der Waals surface area contributed by atoms with Gasteiger partial charge in [-0.3, -0.25) is 14.3 Å². The molecule has 0 radical (unpaired) electrons. The van der Waals surface area contributed by atoms with Gasteiger partial charge in [0.15, 0.2) is 5.65 Å². The van der Waals surface area contributed by atoms with E-state index in [0.29, 0.717) is 5.69 Å². The summed E-state index contributed by atoms with van der Waals surface area (Å²) in [5.74, 6) is -0.967. The van der Waals surface area contributed by atoms with Crippen LogP contribution in [0.2, 0.25) is 0 Å². The zero-order valence-corrected chi connectivity index (χ0v) is 17.5. The highest BCUT2D eigenvalue weighted by atomic mass is 32.2. The Morgan fingerprint density at radius 2 is 1.97 bits per heavy atom. The van der Waals surface area contributed by atoms with Gasteiger partial charge >= 0.3 is 6.18 Å². The standard InChI is InChI=1S/C19H14F4N6O3S/c1-11-5-14(20)15(6-16(11)33(31,32)26-9-19(21,22)23)28-10-25-17-13(18(28)30)8-29(27-17)12-3-2-4-24-7-12/h2-8,10,26H,9H2,1H3. The number of aryl methyl sites for hydroxylation is 1. The van der Waals surface area contributed by atoms with E-state index in [0.717, 1.165) is 23.0 Å². The molecule has 1 N–H and O–H groups in total. The van der Waals surface area contributed by atoms with Gasteiger partial charge in [0.25, 0.3) is 5.56 Å². The summed E-state index contributed by atoms with van der Waals surface area (Å²) in [5, 5.41) is 4.17. The maximum atomic E-state index is 14.7. The number of hydrogen-bond acceptors (Lipinski definition) is 6. The minimum Gasteiger partial charge on any atom is -0.268 e. The van der Waals surface area contributed by atoms with Crippen LogP contribution in [0.1, 0.15) is 5.56 Å². The lowest BCUT2D eigenvalue weighted by Crippen LogP contribution is -2.34. The van der Waals surface area contributed by atoms with E-state index in [1.165, 1.54) is 28.7 Å². The number of sulfonamides is 1. The van der Waals surface area contributed by atoms with Crippen molar-refractivity contribution in [1.82, 2.24) is 29.0 Å². The van der Waals surface area contributed by atoms with Crippen molar-refractivity contribution in [3.8, 4) is 11.4 Å². The van der Waals surface area contributed by atoms with Gasteiger partial charge in [0, 0.05) is 12.4 Å². The Bertz CT molecular complexity index is 1510. The zero-order valence-electron chi connectivity index (χ0n) is 16.7. The number of benzene rings is 1. The number of halogens is 4. The maximum Gasteiger partial charge on any atom is 0.402 e. The quantitative estimate of drug-likeness (QED) is 0.437. The molecule has 0 aliphatic carbocycles. The Balaban J connectivity index is 1.82. The van der Waals surface area contributed by atoms with E-state index in [9.17, 15) is 30.8 Å². The summed E-state index contributed by atoms with van der Waals surface area (Å²) in [6.07, 6.45) is 0.567. The van der Waals surface area contributed by atoms with Crippen molar-refractivity contribution in [2.24, 2.45) is 0 Å². The molecule has 14 heteroatoms. The molecular formula is C19H14F4N6O3S. The molecule has 4 rings (SSSR count). The second kappa shape index (κ2) is 8.04. The maximum absolute atomic E-state index is 14.7. The van der Waals surface area contributed by atoms with E-state index in [-0.39, 0.29) is 16.6 Å². The smallest absolute Gasteiger partial charge is 0.268 e. The molecular weight excluding hydrogens is 468 g/mol. The van der Waals surface area contributed by atoms with E-state index in [1.54, 1.807) is 18.3 Å². The third-order valence-corrected chi connectivity index (χ3v) is 6.15. The van der Waals surface area contributed by atoms with Crippen LogP contribution in [0.5, 0.6) is 0 Å². The van der Waals surface area contributed by atoms with E-state index >= 15 is 0 Å². The minimum atomic E-state index is -4.79. The number of rotatable bonds is 5. The molecule has 1 aromatic carbocycles. The fraction of sp³-hybridized carbons (Fsp3) is 0.158. The number of nitrogens with zero attached hydrogens (tertiary/aromatic N) is 5. The van der Waals surface area contributed by atoms with Gasteiger partial charge in [0.05, 0.1) is 22.5 Å². The first-order valence-corrected chi connectivity index (χ1v) is 10.7. The van der Waals surface area contributed by atoms with Gasteiger partial charge in [-0.15, -0.1) is 5.10 Å². The highest BCUT2D eigenvalue weighted by molar-refractivity contribution is 7.89. The summed E-state index contributed by atoms with van der Waals surface area (Å²) in [4.78, 5) is 20.4. The molecule has 0 bridgehead atoms. The highest BCUT2D eigenvalue weighted by Crippen LogP contribution is 2.23. The molecule has 0 amide bonds. The molecule has 3 heterocycles. The molecule has 0 unspecified atom stereocenters. The lowest BCUT2D eigenvalue weighted by Gasteiger charge is -2.14. The van der Waals surface area contributed by atoms with Gasteiger partial charge in [-0.1, -0.05) is 0 Å². The number of hydrogen-bond donors (Lipinski definition) is 1. The summed E-state index contributed by atoms with van der Waals surface area (Å²) < 4.78 is 80.5. The van der Waals surface area contributed by atoms with E-state index in [2.05, 4.69) is 15.1 Å². The molecule has 9 nitrogen and oxygen atoms in total. The van der Waals surface area contributed by atoms with Gasteiger partial charge in [-0.05, 0) is 36.8 Å². The lowest BCUT2D eigenvalue weighted by atomic mass is 10.2. The third-order valence-electron chi connectivity index (χ3n) is 4.61. The van der Waals surface area contributed by atoms with Gasteiger partial charge in [0.2, 0.25) is 10.0 Å². The van der Waals surface area contributed by atoms with Crippen LogP contribution in [0.15, 0.2) is 58.9 Å². The highest BCUT2D eigenvalue weighted by Gasteiger charge is 2.31. The van der Waals surface area contributed by atoms with Crippen molar-refractivity contribution >= 4 is 21.1 Å². The predicted molar refractivity (Wildman–Crippen MR) is 108 cm³/mol. The van der Waals surface area contributed by atoms with Crippen LogP contribution in [-0.4, -0.2) is 45.5 Å². The molecule has 0 saturated carbocycles. The van der Waals surface area contributed by atoms with Gasteiger partial charge in [-0.2, -0.15) is 13.2 Å². The first-order chi connectivity index (χ1) is 15.5. The molecule has 0 saturated heterocycles. The second-order valence-electron chi connectivity index (χ2n) is 6.95. The minimum absolute atomic E-state index is 0.000863. The monoisotopic (exact) mass is 482 g/mol. The van der Waals surface area contributed by atoms with Crippen molar-refractivity contribution < 1.29 is 26.0 Å². The summed E-state index contributed by atoms with van der Waals surface area (Å²) in [7, 11) is -4.65. The van der Waals surface area contributed by atoms with Crippen LogP contribution < -0.4 is 10.3 Å². The summed E-state index contributed by atoms with van der Waals surface area (Å²) in [6.45, 7) is -0.584. The van der Waals surface area contributed by atoms with Crippen LogP contribution in [0, 0.1) is 12.7 Å². The van der Waals surface area contributed by atoms with Crippen molar-refractivity contribution in [2.45, 2.75) is 18.0 Å². The van der Waals surface area contributed by atoms with Crippen molar-refractivity contribution in [3.05, 3.63) is 70.9 Å². The summed E-state index contributed by atoms with van der Waals surface area (Å²) in [5.41, 5.74) is -0.817. The molecule has 0 aliphatic heterocycles. The number of pyridine rings is 1. The average molecular weight is 482 g/mol. The Labute approximate surface area is 183 Å². The Hall–Kier alpha value is -3.65. The first-order valence-electron chi connectivity index (χ1n) is 9.21. The van der Waals surface area contributed by atoms with E-state index in [4.69, 9.17) is 0 Å². The van der Waals surface area contributed by atoms with Gasteiger partial charge in [0.1, 0.15) is 24.1 Å². The van der Waals surface area contributed by atoms with Crippen molar-refractivity contribution in [1.29, 1.82) is 0 Å². The topological polar surface area (TPSA) is 112 Å². The van der Waals surface area contributed by atoms with E-state index < -0.39 is 44.7 Å². The molecule has 0 atom stereocenters. The van der Waals surface area contributed by atoms with Crippen LogP contribution in [0.25, 0.3) is 22.4 Å². The normalized spacial score (nSPS) is 12.4. The molecule has 3 aromatic heterocycles. The van der Waals surface area contributed by atoms with Crippen LogP contribution >= 0.6 is 0 Å². The molecule has 0 aliphatic rings. The molecule has 172 valence electrons. The van der Waals surface area contributed by atoms with Crippen LogP contribution in [0.3, 0.4) is 0 Å².